The summed E-state index contributed by atoms with van der Waals surface area (Å²) in [6.45, 7) is 1.59. The predicted octanol–water partition coefficient (Wildman–Crippen LogP) is 2.05. The van der Waals surface area contributed by atoms with Gasteiger partial charge in [0.2, 0.25) is 0 Å². The van der Waals surface area contributed by atoms with Crippen molar-refractivity contribution >= 4 is 11.9 Å². The maximum Gasteiger partial charge on any atom is 0.309 e. The van der Waals surface area contributed by atoms with Gasteiger partial charge >= 0.3 is 5.97 Å². The van der Waals surface area contributed by atoms with Crippen molar-refractivity contribution in [2.75, 3.05) is 41.0 Å². The van der Waals surface area contributed by atoms with Crippen LogP contribution in [0.25, 0.3) is 0 Å². The van der Waals surface area contributed by atoms with Crippen LogP contribution >= 0.6 is 0 Å². The van der Waals surface area contributed by atoms with E-state index >= 15 is 0 Å². The van der Waals surface area contributed by atoms with E-state index < -0.39 is 11.9 Å². The lowest BCUT2D eigenvalue weighted by Gasteiger charge is -2.35. The predicted molar refractivity (Wildman–Crippen MR) is 100 cm³/mol. The van der Waals surface area contributed by atoms with E-state index in [-0.39, 0.29) is 17.9 Å². The van der Waals surface area contributed by atoms with Crippen LogP contribution in [0.5, 0.6) is 17.2 Å². The number of rotatable bonds is 6. The van der Waals surface area contributed by atoms with Crippen molar-refractivity contribution in [2.45, 2.75) is 25.4 Å². The molecular formula is C20H27NO7. The number of carboxylic acid groups (broad SMARTS) is 1. The minimum absolute atomic E-state index is 0.140. The van der Waals surface area contributed by atoms with Gasteiger partial charge in [-0.3, -0.25) is 9.59 Å². The van der Waals surface area contributed by atoms with Crippen molar-refractivity contribution in [1.29, 1.82) is 0 Å². The van der Waals surface area contributed by atoms with E-state index in [4.69, 9.17) is 18.9 Å². The van der Waals surface area contributed by atoms with Crippen molar-refractivity contribution in [3.63, 3.8) is 0 Å². The van der Waals surface area contributed by atoms with Crippen LogP contribution in [0, 0.1) is 11.8 Å². The van der Waals surface area contributed by atoms with Gasteiger partial charge in [0.1, 0.15) is 5.75 Å². The van der Waals surface area contributed by atoms with Crippen molar-refractivity contribution in [2.24, 2.45) is 11.8 Å². The molecule has 8 nitrogen and oxygen atoms in total. The van der Waals surface area contributed by atoms with E-state index in [0.29, 0.717) is 48.9 Å². The number of aliphatic carboxylic acids is 1. The van der Waals surface area contributed by atoms with Gasteiger partial charge in [0.15, 0.2) is 11.5 Å². The number of amides is 1. The second-order valence-corrected chi connectivity index (χ2v) is 7.11. The molecule has 0 radical (unpaired) electrons. The molecule has 2 aliphatic heterocycles. The number of ether oxygens (including phenoxy) is 4. The van der Waals surface area contributed by atoms with Crippen molar-refractivity contribution in [3.05, 3.63) is 17.7 Å². The second-order valence-electron chi connectivity index (χ2n) is 7.11. The summed E-state index contributed by atoms with van der Waals surface area (Å²) in [7, 11) is 4.55. The standard InChI is InChI=1S/C20H27NO7/c1-25-15-11-17(27-3)16(26-2)10-14(15)19(22)21-7-4-12(5-8-21)18-13(20(23)24)6-9-28-18/h10-13,18H,4-9H2,1-3H3,(H,23,24)/t13?,18-/m0/s1. The number of nitrogens with zero attached hydrogens (tertiary/aromatic N) is 1. The Balaban J connectivity index is 1.71. The average molecular weight is 393 g/mol. The largest absolute Gasteiger partial charge is 0.496 e. The Morgan fingerprint density at radius 2 is 1.61 bits per heavy atom. The Kier molecular flexibility index (Phi) is 6.28. The third-order valence-corrected chi connectivity index (χ3v) is 5.68. The molecule has 8 heteroatoms. The first-order valence-corrected chi connectivity index (χ1v) is 9.43. The summed E-state index contributed by atoms with van der Waals surface area (Å²) in [4.78, 5) is 26.3. The van der Waals surface area contributed by atoms with E-state index in [1.165, 1.54) is 21.3 Å². The Hall–Kier alpha value is -2.48. The lowest BCUT2D eigenvalue weighted by Crippen LogP contribution is -2.43. The first-order valence-electron chi connectivity index (χ1n) is 9.43. The maximum absolute atomic E-state index is 13.1. The van der Waals surface area contributed by atoms with E-state index in [2.05, 4.69) is 0 Å². The molecule has 1 unspecified atom stereocenters. The van der Waals surface area contributed by atoms with Crippen molar-refractivity contribution < 1.29 is 33.6 Å². The van der Waals surface area contributed by atoms with Gasteiger partial charge in [0.25, 0.3) is 5.91 Å². The lowest BCUT2D eigenvalue weighted by molar-refractivity contribution is -0.145. The molecule has 0 spiro atoms. The fourth-order valence-electron chi connectivity index (χ4n) is 4.14. The molecule has 1 amide bonds. The third kappa shape index (κ3) is 3.87. The van der Waals surface area contributed by atoms with Crippen LogP contribution in [0.4, 0.5) is 0 Å². The fourth-order valence-corrected chi connectivity index (χ4v) is 4.14. The van der Waals surface area contributed by atoms with Crippen LogP contribution < -0.4 is 14.2 Å². The Morgan fingerprint density at radius 3 is 2.18 bits per heavy atom. The van der Waals surface area contributed by atoms with Gasteiger partial charge < -0.3 is 29.0 Å². The first-order chi connectivity index (χ1) is 13.5. The molecule has 3 rings (SSSR count). The van der Waals surface area contributed by atoms with Crippen LogP contribution in [0.1, 0.15) is 29.6 Å². The average Bonchev–Trinajstić information content (AvgIpc) is 3.22. The Bertz CT molecular complexity index is 728. The molecule has 154 valence electrons. The van der Waals surface area contributed by atoms with Gasteiger partial charge in [0, 0.05) is 31.8 Å². The molecule has 0 bridgehead atoms. The Morgan fingerprint density at radius 1 is 1.00 bits per heavy atom. The molecule has 0 aromatic heterocycles. The summed E-state index contributed by atoms with van der Waals surface area (Å²) >= 11 is 0. The van der Waals surface area contributed by atoms with Crippen molar-refractivity contribution in [1.82, 2.24) is 4.90 Å². The summed E-state index contributed by atoms with van der Waals surface area (Å²) < 4.78 is 21.7. The monoisotopic (exact) mass is 393 g/mol. The topological polar surface area (TPSA) is 94.5 Å². The quantitative estimate of drug-likeness (QED) is 0.790. The summed E-state index contributed by atoms with van der Waals surface area (Å²) in [6, 6.07) is 3.27. The molecular weight excluding hydrogens is 366 g/mol. The summed E-state index contributed by atoms with van der Waals surface area (Å²) in [5, 5.41) is 9.37. The van der Waals surface area contributed by atoms with Gasteiger partial charge in [-0.15, -0.1) is 0 Å². The maximum atomic E-state index is 13.1. The number of likely N-dealkylation sites (tertiary alicyclic amines) is 1. The SMILES string of the molecule is COc1cc(OC)c(C(=O)N2CCC([C@@H]3OCCC3C(=O)O)CC2)cc1OC. The highest BCUT2D eigenvalue weighted by Gasteiger charge is 2.41. The van der Waals surface area contributed by atoms with Crippen LogP contribution in [-0.2, 0) is 9.53 Å². The highest BCUT2D eigenvalue weighted by molar-refractivity contribution is 5.98. The molecule has 28 heavy (non-hydrogen) atoms. The smallest absolute Gasteiger partial charge is 0.309 e. The zero-order valence-corrected chi connectivity index (χ0v) is 16.5. The van der Waals surface area contributed by atoms with Gasteiger partial charge in [0.05, 0.1) is 38.9 Å². The number of methoxy groups -OCH3 is 3. The molecule has 2 atom stereocenters. The number of hydrogen-bond acceptors (Lipinski definition) is 6. The molecule has 1 aromatic rings. The summed E-state index contributed by atoms with van der Waals surface area (Å²) in [5.74, 6) is 0.153. The van der Waals surface area contributed by atoms with Crippen LogP contribution in [0.3, 0.4) is 0 Å². The van der Waals surface area contributed by atoms with Crippen LogP contribution in [-0.4, -0.2) is 69.0 Å². The molecule has 1 N–H and O–H groups in total. The zero-order chi connectivity index (χ0) is 20.3. The van der Waals surface area contributed by atoms with Gasteiger partial charge in [-0.25, -0.2) is 0 Å². The van der Waals surface area contributed by atoms with Gasteiger partial charge in [-0.2, -0.15) is 0 Å². The summed E-state index contributed by atoms with van der Waals surface area (Å²) in [6.07, 6.45) is 1.73. The van der Waals surface area contributed by atoms with Crippen molar-refractivity contribution in [3.8, 4) is 17.2 Å². The lowest BCUT2D eigenvalue weighted by atomic mass is 9.84. The summed E-state index contributed by atoms with van der Waals surface area (Å²) in [5.41, 5.74) is 0.416. The third-order valence-electron chi connectivity index (χ3n) is 5.68. The fraction of sp³-hybridized carbons (Fsp3) is 0.600. The van der Waals surface area contributed by atoms with E-state index in [0.717, 1.165) is 12.8 Å². The normalized spacial score (nSPS) is 22.8. The number of benzene rings is 1. The Labute approximate surface area is 164 Å². The number of carbonyl (C=O) groups is 2. The van der Waals surface area contributed by atoms with Crippen LogP contribution in [0.2, 0.25) is 0 Å². The number of carbonyl (C=O) groups excluding carboxylic acids is 1. The second kappa shape index (κ2) is 8.68. The first kappa shape index (κ1) is 20.3. The van der Waals surface area contributed by atoms with E-state index in [9.17, 15) is 14.7 Å². The van der Waals surface area contributed by atoms with Gasteiger partial charge in [-0.1, -0.05) is 0 Å². The highest BCUT2D eigenvalue weighted by atomic mass is 16.5. The molecule has 2 aliphatic rings. The van der Waals surface area contributed by atoms with Gasteiger partial charge in [-0.05, 0) is 25.2 Å². The molecule has 2 fully saturated rings. The molecule has 2 saturated heterocycles. The number of piperidine rings is 1. The molecule has 0 aliphatic carbocycles. The van der Waals surface area contributed by atoms with E-state index in [1.54, 1.807) is 17.0 Å². The minimum Gasteiger partial charge on any atom is -0.496 e. The number of carboxylic acids is 1. The molecule has 0 saturated carbocycles. The van der Waals surface area contributed by atoms with Crippen LogP contribution in [0.15, 0.2) is 12.1 Å². The highest BCUT2D eigenvalue weighted by Crippen LogP contribution is 2.37. The molecule has 2 heterocycles. The number of hydrogen-bond donors (Lipinski definition) is 1. The minimum atomic E-state index is -0.795. The molecule has 1 aromatic carbocycles. The van der Waals surface area contributed by atoms with E-state index in [1.807, 2.05) is 0 Å². The zero-order valence-electron chi connectivity index (χ0n) is 16.5.